The fourth-order valence-electron chi connectivity index (χ4n) is 5.49. The largest absolute Gasteiger partial charge is 0.335 e. The van der Waals surface area contributed by atoms with E-state index < -0.39 is 0 Å². The van der Waals surface area contributed by atoms with Crippen molar-refractivity contribution in [3.05, 3.63) is 34.9 Å². The molecule has 3 heteroatoms. The van der Waals surface area contributed by atoms with Crippen LogP contribution in [0.3, 0.4) is 0 Å². The zero-order chi connectivity index (χ0) is 14.4. The number of ketones is 1. The first-order valence-corrected chi connectivity index (χ1v) is 8.63. The highest BCUT2D eigenvalue weighted by atomic mass is 35.5. The second-order valence-corrected chi connectivity index (χ2v) is 8.05. The van der Waals surface area contributed by atoms with Gasteiger partial charge in [0.25, 0.3) is 0 Å². The number of hydrogen-bond donors (Lipinski definition) is 1. The van der Waals surface area contributed by atoms with E-state index in [1.165, 1.54) is 38.5 Å². The molecule has 21 heavy (non-hydrogen) atoms. The summed E-state index contributed by atoms with van der Waals surface area (Å²) in [7, 11) is 0. The van der Waals surface area contributed by atoms with Gasteiger partial charge in [-0.25, -0.2) is 0 Å². The maximum atomic E-state index is 12.4. The molecule has 4 bridgehead atoms. The normalized spacial score (nSPS) is 36.9. The fraction of sp³-hybridized carbons (Fsp3) is 0.611. The molecule has 1 aromatic carbocycles. The first-order chi connectivity index (χ1) is 10.1. The van der Waals surface area contributed by atoms with E-state index >= 15 is 0 Å². The lowest BCUT2D eigenvalue weighted by Gasteiger charge is -2.54. The van der Waals surface area contributed by atoms with Gasteiger partial charge in [0.2, 0.25) is 5.78 Å². The summed E-state index contributed by atoms with van der Waals surface area (Å²) in [6, 6.07) is 7.30. The van der Waals surface area contributed by atoms with Gasteiger partial charge in [0, 0.05) is 29.8 Å². The number of rotatable bonds is 4. The molecule has 2 nitrogen and oxygen atoms in total. The number of benzene rings is 1. The highest BCUT2D eigenvalue weighted by Gasteiger charge is 2.53. The third-order valence-corrected chi connectivity index (χ3v) is 6.22. The van der Waals surface area contributed by atoms with Gasteiger partial charge in [-0.3, -0.25) is 4.79 Å². The lowest BCUT2D eigenvalue weighted by Crippen LogP contribution is -2.99. The van der Waals surface area contributed by atoms with E-state index in [2.05, 4.69) is 5.32 Å². The number of nitrogens with two attached hydrogens (primary N) is 1. The topological polar surface area (TPSA) is 33.7 Å². The highest BCUT2D eigenvalue weighted by Crippen LogP contribution is 2.54. The molecule has 2 N–H and O–H groups in total. The first-order valence-electron chi connectivity index (χ1n) is 8.25. The van der Waals surface area contributed by atoms with Crippen molar-refractivity contribution in [2.75, 3.05) is 6.54 Å². The van der Waals surface area contributed by atoms with Crippen LogP contribution in [0.1, 0.15) is 48.9 Å². The Labute approximate surface area is 131 Å². The third kappa shape index (κ3) is 2.64. The summed E-state index contributed by atoms with van der Waals surface area (Å²) >= 11 is 5.89. The summed E-state index contributed by atoms with van der Waals surface area (Å²) < 4.78 is 0. The molecule has 1 aromatic rings. The standard InChI is InChI=1S/C18H22ClNO/c19-16-3-1-15(2-4-16)17(21)11-20-18-8-12-5-13(9-18)7-14(6-12)10-18/h1-4,12-14,20H,5-11H2/p+1. The maximum Gasteiger partial charge on any atom is 0.216 e. The maximum absolute atomic E-state index is 12.4. The summed E-state index contributed by atoms with van der Waals surface area (Å²) in [4.78, 5) is 12.4. The number of halogens is 1. The van der Waals surface area contributed by atoms with Crippen molar-refractivity contribution in [1.29, 1.82) is 0 Å². The average molecular weight is 305 g/mol. The van der Waals surface area contributed by atoms with Crippen LogP contribution in [0.2, 0.25) is 5.02 Å². The predicted octanol–water partition coefficient (Wildman–Crippen LogP) is 3.05. The van der Waals surface area contributed by atoms with Gasteiger partial charge in [-0.05, 0) is 61.3 Å². The van der Waals surface area contributed by atoms with Crippen molar-refractivity contribution in [2.45, 2.75) is 44.1 Å². The lowest BCUT2D eigenvalue weighted by atomic mass is 9.53. The number of quaternary nitrogens is 1. The minimum Gasteiger partial charge on any atom is -0.335 e. The average Bonchev–Trinajstić information content (AvgIpc) is 2.44. The molecular formula is C18H23ClNO+. The molecular weight excluding hydrogens is 282 g/mol. The molecule has 4 fully saturated rings. The van der Waals surface area contributed by atoms with Crippen LogP contribution in [0.15, 0.2) is 24.3 Å². The third-order valence-electron chi connectivity index (χ3n) is 5.97. The van der Waals surface area contributed by atoms with Crippen LogP contribution in [-0.4, -0.2) is 17.9 Å². The van der Waals surface area contributed by atoms with Crippen LogP contribution in [0, 0.1) is 17.8 Å². The summed E-state index contributed by atoms with van der Waals surface area (Å²) in [5.74, 6) is 3.07. The summed E-state index contributed by atoms with van der Waals surface area (Å²) in [6.07, 6.45) is 8.39. The van der Waals surface area contributed by atoms with Gasteiger partial charge in [0.1, 0.15) is 6.54 Å². The molecule has 112 valence electrons. The van der Waals surface area contributed by atoms with Crippen molar-refractivity contribution < 1.29 is 10.1 Å². The molecule has 4 saturated carbocycles. The van der Waals surface area contributed by atoms with Gasteiger partial charge in [-0.2, -0.15) is 0 Å². The molecule has 5 rings (SSSR count). The minimum absolute atomic E-state index is 0.238. The van der Waals surface area contributed by atoms with E-state index in [0.717, 1.165) is 23.3 Å². The molecule has 0 unspecified atom stereocenters. The Morgan fingerprint density at radius 2 is 1.57 bits per heavy atom. The predicted molar refractivity (Wildman–Crippen MR) is 83.5 cm³/mol. The minimum atomic E-state index is 0.238. The summed E-state index contributed by atoms with van der Waals surface area (Å²) in [6.45, 7) is 0.591. The van der Waals surface area contributed by atoms with Crippen LogP contribution < -0.4 is 5.32 Å². The Morgan fingerprint density at radius 3 is 2.10 bits per heavy atom. The Hall–Kier alpha value is -0.860. The molecule has 0 radical (unpaired) electrons. The van der Waals surface area contributed by atoms with E-state index in [-0.39, 0.29) is 5.78 Å². The van der Waals surface area contributed by atoms with Gasteiger partial charge in [-0.1, -0.05) is 11.6 Å². The molecule has 4 aliphatic carbocycles. The lowest BCUT2D eigenvalue weighted by molar-refractivity contribution is -0.729. The second-order valence-electron chi connectivity index (χ2n) is 7.62. The Bertz CT molecular complexity index is 516. The van der Waals surface area contributed by atoms with Gasteiger partial charge in [-0.15, -0.1) is 0 Å². The molecule has 0 amide bonds. The van der Waals surface area contributed by atoms with Crippen molar-refractivity contribution in [1.82, 2.24) is 0 Å². The number of carbonyl (C=O) groups excluding carboxylic acids is 1. The van der Waals surface area contributed by atoms with Crippen LogP contribution in [0.5, 0.6) is 0 Å². The smallest absolute Gasteiger partial charge is 0.216 e. The van der Waals surface area contributed by atoms with E-state index in [4.69, 9.17) is 11.6 Å². The van der Waals surface area contributed by atoms with Gasteiger partial charge in [0.05, 0.1) is 5.54 Å². The molecule has 0 saturated heterocycles. The van der Waals surface area contributed by atoms with Gasteiger partial charge < -0.3 is 5.32 Å². The molecule has 0 aliphatic heterocycles. The quantitative estimate of drug-likeness (QED) is 0.852. The Morgan fingerprint density at radius 1 is 1.05 bits per heavy atom. The monoisotopic (exact) mass is 304 g/mol. The molecule has 4 aliphatic rings. The highest BCUT2D eigenvalue weighted by molar-refractivity contribution is 6.30. The first kappa shape index (κ1) is 13.8. The van der Waals surface area contributed by atoms with Crippen LogP contribution in [0.4, 0.5) is 0 Å². The van der Waals surface area contributed by atoms with Crippen molar-refractivity contribution in [2.24, 2.45) is 17.8 Å². The van der Waals surface area contributed by atoms with Crippen LogP contribution in [-0.2, 0) is 0 Å². The van der Waals surface area contributed by atoms with Crippen molar-refractivity contribution >= 4 is 17.4 Å². The van der Waals surface area contributed by atoms with E-state index in [9.17, 15) is 4.79 Å². The number of Topliss-reactive ketones (excluding diaryl/α,β-unsaturated/α-hetero) is 1. The zero-order valence-corrected chi connectivity index (χ0v) is 13.1. The van der Waals surface area contributed by atoms with Crippen LogP contribution in [0.25, 0.3) is 0 Å². The summed E-state index contributed by atoms with van der Waals surface area (Å²) in [5, 5.41) is 3.07. The zero-order valence-electron chi connectivity index (χ0n) is 12.4. The SMILES string of the molecule is O=C(C[NH2+]C12CC3CC(CC(C3)C1)C2)c1ccc(Cl)cc1. The van der Waals surface area contributed by atoms with Gasteiger partial charge in [0.15, 0.2) is 0 Å². The molecule has 0 spiro atoms. The Kier molecular flexibility index (Phi) is 3.35. The summed E-state index contributed by atoms with van der Waals surface area (Å²) in [5.41, 5.74) is 1.18. The molecule has 0 atom stereocenters. The van der Waals surface area contributed by atoms with E-state index in [1.54, 1.807) is 12.1 Å². The Balaban J connectivity index is 1.42. The molecule has 0 aromatic heterocycles. The fourth-order valence-corrected chi connectivity index (χ4v) is 5.62. The van der Waals surface area contributed by atoms with Crippen molar-refractivity contribution in [3.63, 3.8) is 0 Å². The van der Waals surface area contributed by atoms with E-state index in [0.29, 0.717) is 17.1 Å². The van der Waals surface area contributed by atoms with Gasteiger partial charge >= 0.3 is 0 Å². The molecule has 0 heterocycles. The van der Waals surface area contributed by atoms with Crippen LogP contribution >= 0.6 is 11.6 Å². The van der Waals surface area contributed by atoms with E-state index in [1.807, 2.05) is 12.1 Å². The number of hydrogen-bond acceptors (Lipinski definition) is 1. The van der Waals surface area contributed by atoms with Crippen molar-refractivity contribution in [3.8, 4) is 0 Å². The number of carbonyl (C=O) groups is 1. The second kappa shape index (κ2) is 5.10.